The van der Waals surface area contributed by atoms with Crippen molar-refractivity contribution in [3.8, 4) is 11.5 Å². The Labute approximate surface area is 137 Å². The van der Waals surface area contributed by atoms with Gasteiger partial charge in [0.05, 0.1) is 19.8 Å². The number of carbonyl (C=O) groups is 1. The lowest BCUT2D eigenvalue weighted by Crippen LogP contribution is -2.30. The van der Waals surface area contributed by atoms with Crippen LogP contribution in [0.4, 0.5) is 0 Å². The monoisotopic (exact) mass is 319 g/mol. The van der Waals surface area contributed by atoms with Crippen molar-refractivity contribution >= 4 is 12.0 Å². The van der Waals surface area contributed by atoms with Crippen molar-refractivity contribution in [1.82, 2.24) is 5.32 Å². The van der Waals surface area contributed by atoms with Gasteiger partial charge in [-0.3, -0.25) is 4.79 Å². The molecule has 1 saturated heterocycles. The molecule has 0 bridgehead atoms. The fourth-order valence-electron chi connectivity index (χ4n) is 2.37. The molecule has 1 aromatic rings. The molecular formula is C18H25NO4. The zero-order chi connectivity index (χ0) is 16.5. The second-order valence-corrected chi connectivity index (χ2v) is 5.47. The first-order valence-corrected chi connectivity index (χ1v) is 8.11. The second kappa shape index (κ2) is 9.20. The Hall–Kier alpha value is -2.01. The molecule has 1 aliphatic heterocycles. The maximum Gasteiger partial charge on any atom is 0.244 e. The van der Waals surface area contributed by atoms with Crippen molar-refractivity contribution in [2.45, 2.75) is 32.3 Å². The molecule has 23 heavy (non-hydrogen) atoms. The Balaban J connectivity index is 1.88. The van der Waals surface area contributed by atoms with Crippen LogP contribution in [0.5, 0.6) is 11.5 Å². The Bertz CT molecular complexity index is 536. The lowest BCUT2D eigenvalue weighted by Gasteiger charge is -2.10. The summed E-state index contributed by atoms with van der Waals surface area (Å²) in [6, 6.07) is 5.62. The van der Waals surface area contributed by atoms with E-state index in [4.69, 9.17) is 14.2 Å². The summed E-state index contributed by atoms with van der Waals surface area (Å²) in [4.78, 5) is 11.8. The van der Waals surface area contributed by atoms with Crippen molar-refractivity contribution in [1.29, 1.82) is 0 Å². The first-order chi connectivity index (χ1) is 11.2. The van der Waals surface area contributed by atoms with Gasteiger partial charge < -0.3 is 19.5 Å². The van der Waals surface area contributed by atoms with E-state index in [1.165, 1.54) is 6.08 Å². The van der Waals surface area contributed by atoms with Gasteiger partial charge in [0, 0.05) is 19.2 Å². The topological polar surface area (TPSA) is 56.8 Å². The second-order valence-electron chi connectivity index (χ2n) is 5.47. The summed E-state index contributed by atoms with van der Waals surface area (Å²) in [5.41, 5.74) is 0.887. The number of rotatable bonds is 8. The quantitative estimate of drug-likeness (QED) is 0.749. The third kappa shape index (κ3) is 5.60. The third-order valence-corrected chi connectivity index (χ3v) is 3.60. The van der Waals surface area contributed by atoms with E-state index >= 15 is 0 Å². The first kappa shape index (κ1) is 17.3. The molecule has 0 aromatic heterocycles. The minimum absolute atomic E-state index is 0.120. The standard InChI is InChI=1S/C18H25NO4/c1-3-10-23-16-8-6-14(12-17(16)21-2)7-9-18(20)19-13-15-5-4-11-22-15/h6-9,12,15H,3-5,10-11,13H2,1-2H3,(H,19,20)/b9-7+. The lowest BCUT2D eigenvalue weighted by atomic mass is 10.2. The minimum Gasteiger partial charge on any atom is -0.493 e. The summed E-state index contributed by atoms with van der Waals surface area (Å²) in [6.07, 6.45) is 6.47. The fourth-order valence-corrected chi connectivity index (χ4v) is 2.37. The summed E-state index contributed by atoms with van der Waals surface area (Å²) in [5, 5.41) is 2.86. The van der Waals surface area contributed by atoms with Crippen LogP contribution in [0, 0.1) is 0 Å². The highest BCUT2D eigenvalue weighted by molar-refractivity contribution is 5.91. The lowest BCUT2D eigenvalue weighted by molar-refractivity contribution is -0.116. The van der Waals surface area contributed by atoms with E-state index in [-0.39, 0.29) is 12.0 Å². The van der Waals surface area contributed by atoms with Crippen molar-refractivity contribution < 1.29 is 19.0 Å². The number of carbonyl (C=O) groups excluding carboxylic acids is 1. The van der Waals surface area contributed by atoms with E-state index in [9.17, 15) is 4.79 Å². The number of methoxy groups -OCH3 is 1. The van der Waals surface area contributed by atoms with E-state index in [1.807, 2.05) is 18.2 Å². The molecule has 2 rings (SSSR count). The van der Waals surface area contributed by atoms with Crippen LogP contribution < -0.4 is 14.8 Å². The maximum absolute atomic E-state index is 11.8. The van der Waals surface area contributed by atoms with Crippen LogP contribution in [0.15, 0.2) is 24.3 Å². The van der Waals surface area contributed by atoms with Crippen LogP contribution in [-0.4, -0.2) is 38.9 Å². The van der Waals surface area contributed by atoms with Crippen LogP contribution in [0.1, 0.15) is 31.7 Å². The maximum atomic E-state index is 11.8. The van der Waals surface area contributed by atoms with Crippen molar-refractivity contribution in [3.05, 3.63) is 29.8 Å². The van der Waals surface area contributed by atoms with Crippen LogP contribution >= 0.6 is 0 Å². The smallest absolute Gasteiger partial charge is 0.244 e. The Morgan fingerprint density at radius 2 is 2.30 bits per heavy atom. The van der Waals surface area contributed by atoms with Crippen LogP contribution in [0.3, 0.4) is 0 Å². The van der Waals surface area contributed by atoms with Gasteiger partial charge in [0.2, 0.25) is 5.91 Å². The summed E-state index contributed by atoms with van der Waals surface area (Å²) >= 11 is 0. The minimum atomic E-state index is -0.120. The molecule has 1 fully saturated rings. The average Bonchev–Trinajstić information content (AvgIpc) is 3.10. The predicted octanol–water partition coefficient (Wildman–Crippen LogP) is 2.79. The number of hydrogen-bond donors (Lipinski definition) is 1. The molecule has 1 atom stereocenters. The molecule has 1 amide bonds. The molecule has 1 aromatic carbocycles. The zero-order valence-corrected chi connectivity index (χ0v) is 13.8. The zero-order valence-electron chi connectivity index (χ0n) is 13.8. The molecule has 5 heteroatoms. The van der Waals surface area contributed by atoms with Gasteiger partial charge in [-0.05, 0) is 43.0 Å². The molecule has 1 aliphatic rings. The Morgan fingerprint density at radius 1 is 1.43 bits per heavy atom. The van der Waals surface area contributed by atoms with Gasteiger partial charge in [-0.25, -0.2) is 0 Å². The van der Waals surface area contributed by atoms with Gasteiger partial charge in [-0.15, -0.1) is 0 Å². The number of hydrogen-bond acceptors (Lipinski definition) is 4. The van der Waals surface area contributed by atoms with Crippen molar-refractivity contribution in [3.63, 3.8) is 0 Å². The highest BCUT2D eigenvalue weighted by Gasteiger charge is 2.15. The van der Waals surface area contributed by atoms with Crippen LogP contribution in [-0.2, 0) is 9.53 Å². The Kier molecular flexibility index (Phi) is 6.94. The molecule has 0 saturated carbocycles. The molecule has 1 unspecified atom stereocenters. The summed E-state index contributed by atoms with van der Waals surface area (Å²) < 4.78 is 16.4. The number of ether oxygens (including phenoxy) is 3. The average molecular weight is 319 g/mol. The summed E-state index contributed by atoms with van der Waals surface area (Å²) in [6.45, 7) is 4.06. The van der Waals surface area contributed by atoms with E-state index in [2.05, 4.69) is 12.2 Å². The third-order valence-electron chi connectivity index (χ3n) is 3.60. The molecule has 5 nitrogen and oxygen atoms in total. The molecule has 1 heterocycles. The van der Waals surface area contributed by atoms with Gasteiger partial charge in [-0.1, -0.05) is 13.0 Å². The summed E-state index contributed by atoms with van der Waals surface area (Å²) in [7, 11) is 1.61. The largest absolute Gasteiger partial charge is 0.493 e. The van der Waals surface area contributed by atoms with Gasteiger partial charge in [0.25, 0.3) is 0 Å². The van der Waals surface area contributed by atoms with Crippen LogP contribution in [0.25, 0.3) is 6.08 Å². The molecule has 126 valence electrons. The van der Waals surface area contributed by atoms with Gasteiger partial charge in [0.1, 0.15) is 0 Å². The van der Waals surface area contributed by atoms with E-state index in [1.54, 1.807) is 13.2 Å². The SMILES string of the molecule is CCCOc1ccc(/C=C/C(=O)NCC2CCCO2)cc1OC. The predicted molar refractivity (Wildman–Crippen MR) is 89.8 cm³/mol. The van der Waals surface area contributed by atoms with Gasteiger partial charge in [0.15, 0.2) is 11.5 Å². The van der Waals surface area contributed by atoms with Crippen molar-refractivity contribution in [2.24, 2.45) is 0 Å². The fraction of sp³-hybridized carbons (Fsp3) is 0.500. The molecule has 1 N–H and O–H groups in total. The molecule has 0 aliphatic carbocycles. The van der Waals surface area contributed by atoms with Gasteiger partial charge >= 0.3 is 0 Å². The summed E-state index contributed by atoms with van der Waals surface area (Å²) in [5.74, 6) is 1.26. The number of amides is 1. The van der Waals surface area contributed by atoms with E-state index < -0.39 is 0 Å². The normalized spacial score (nSPS) is 17.4. The molecular weight excluding hydrogens is 294 g/mol. The molecule has 0 radical (unpaired) electrons. The van der Waals surface area contributed by atoms with Crippen LogP contribution in [0.2, 0.25) is 0 Å². The molecule has 0 spiro atoms. The highest BCUT2D eigenvalue weighted by Crippen LogP contribution is 2.28. The van der Waals surface area contributed by atoms with E-state index in [0.29, 0.717) is 24.7 Å². The highest BCUT2D eigenvalue weighted by atomic mass is 16.5. The Morgan fingerprint density at radius 3 is 3.00 bits per heavy atom. The number of nitrogens with one attached hydrogen (secondary N) is 1. The first-order valence-electron chi connectivity index (χ1n) is 8.11. The van der Waals surface area contributed by atoms with Gasteiger partial charge in [-0.2, -0.15) is 0 Å². The van der Waals surface area contributed by atoms with Crippen molar-refractivity contribution in [2.75, 3.05) is 26.9 Å². The number of benzene rings is 1. The van der Waals surface area contributed by atoms with E-state index in [0.717, 1.165) is 31.4 Å².